The number of nitrogens with one attached hydrogen (secondary N) is 1. The van der Waals surface area contributed by atoms with Crippen molar-refractivity contribution in [1.82, 2.24) is 5.32 Å². The maximum absolute atomic E-state index is 9.63. The smallest absolute Gasteiger partial charge is 0.161 e. The third kappa shape index (κ3) is 3.85. The highest BCUT2D eigenvalue weighted by atomic mass is 16.5. The largest absolute Gasteiger partial charge is 0.504 e. The van der Waals surface area contributed by atoms with Crippen LogP contribution >= 0.6 is 0 Å². The maximum Gasteiger partial charge on any atom is 0.161 e. The molecule has 0 atom stereocenters. The Balaban J connectivity index is 1.84. The second-order valence-corrected chi connectivity index (χ2v) is 5.31. The van der Waals surface area contributed by atoms with Gasteiger partial charge < -0.3 is 20.3 Å². The van der Waals surface area contributed by atoms with Gasteiger partial charge in [-0.05, 0) is 49.3 Å². The molecule has 0 radical (unpaired) electrons. The summed E-state index contributed by atoms with van der Waals surface area (Å²) >= 11 is 0. The monoisotopic (exact) mass is 265 g/mol. The van der Waals surface area contributed by atoms with Crippen LogP contribution in [-0.4, -0.2) is 30.0 Å². The summed E-state index contributed by atoms with van der Waals surface area (Å²) in [6, 6.07) is 5.44. The summed E-state index contributed by atoms with van der Waals surface area (Å²) in [5.74, 6) is 0.725. The van der Waals surface area contributed by atoms with Crippen molar-refractivity contribution in [3.63, 3.8) is 0 Å². The van der Waals surface area contributed by atoms with Gasteiger partial charge in [0.15, 0.2) is 11.5 Å². The summed E-state index contributed by atoms with van der Waals surface area (Å²) in [5.41, 5.74) is 1.43. The molecular formula is C15H23NO3. The van der Waals surface area contributed by atoms with Crippen molar-refractivity contribution >= 4 is 0 Å². The van der Waals surface area contributed by atoms with Crippen LogP contribution in [0.3, 0.4) is 0 Å². The summed E-state index contributed by atoms with van der Waals surface area (Å²) in [6.45, 7) is 4.42. The van der Waals surface area contributed by atoms with Crippen LogP contribution in [0.15, 0.2) is 18.2 Å². The fraction of sp³-hybridized carbons (Fsp3) is 0.600. The molecule has 4 heteroatoms. The molecule has 1 aromatic rings. The molecule has 1 aliphatic rings. The molecule has 2 rings (SSSR count). The van der Waals surface area contributed by atoms with Crippen LogP contribution in [0.5, 0.6) is 11.5 Å². The predicted molar refractivity (Wildman–Crippen MR) is 74.4 cm³/mol. The molecule has 0 unspecified atom stereocenters. The molecule has 1 fully saturated rings. The van der Waals surface area contributed by atoms with Crippen LogP contribution in [0.1, 0.15) is 31.7 Å². The van der Waals surface area contributed by atoms with Gasteiger partial charge in [0.25, 0.3) is 0 Å². The van der Waals surface area contributed by atoms with E-state index in [-0.39, 0.29) is 12.4 Å². The molecule has 19 heavy (non-hydrogen) atoms. The summed E-state index contributed by atoms with van der Waals surface area (Å²) < 4.78 is 5.36. The topological polar surface area (TPSA) is 61.7 Å². The zero-order chi connectivity index (χ0) is 13.7. The van der Waals surface area contributed by atoms with Crippen molar-refractivity contribution in [3.8, 4) is 11.5 Å². The second kappa shape index (κ2) is 6.26. The van der Waals surface area contributed by atoms with E-state index in [0.717, 1.165) is 25.1 Å². The van der Waals surface area contributed by atoms with Crippen molar-refractivity contribution in [2.75, 3.05) is 19.8 Å². The molecule has 0 saturated heterocycles. The number of hydrogen-bond acceptors (Lipinski definition) is 4. The van der Waals surface area contributed by atoms with Gasteiger partial charge in [0.05, 0.1) is 6.61 Å². The number of rotatable bonds is 8. The molecular weight excluding hydrogens is 242 g/mol. The number of benzene rings is 1. The van der Waals surface area contributed by atoms with Gasteiger partial charge >= 0.3 is 0 Å². The summed E-state index contributed by atoms with van der Waals surface area (Å²) in [4.78, 5) is 0. The van der Waals surface area contributed by atoms with Crippen molar-refractivity contribution in [3.05, 3.63) is 23.8 Å². The molecule has 4 nitrogen and oxygen atoms in total. The van der Waals surface area contributed by atoms with Crippen LogP contribution in [0, 0.1) is 5.41 Å². The standard InChI is InChI=1S/C15H23NO3/c1-2-19-14-9-12(3-4-13(14)18)10-16-11-15(5-6-15)7-8-17/h3-4,9,16-18H,2,5-8,10-11H2,1H3. The molecule has 1 aromatic carbocycles. The van der Waals surface area contributed by atoms with Gasteiger partial charge in [-0.1, -0.05) is 6.07 Å². The Labute approximate surface area is 114 Å². The van der Waals surface area contributed by atoms with E-state index in [1.807, 2.05) is 19.1 Å². The predicted octanol–water partition coefficient (Wildman–Crippen LogP) is 2.04. The Bertz CT molecular complexity index is 416. The lowest BCUT2D eigenvalue weighted by Crippen LogP contribution is -2.24. The van der Waals surface area contributed by atoms with Gasteiger partial charge in [-0.2, -0.15) is 0 Å². The van der Waals surface area contributed by atoms with E-state index in [0.29, 0.717) is 17.8 Å². The maximum atomic E-state index is 9.63. The summed E-state index contributed by atoms with van der Waals surface area (Å²) in [6.07, 6.45) is 3.31. The molecule has 1 saturated carbocycles. The molecule has 3 N–H and O–H groups in total. The van der Waals surface area contributed by atoms with Crippen LogP contribution in [-0.2, 0) is 6.54 Å². The minimum absolute atomic E-state index is 0.185. The number of hydrogen-bond donors (Lipinski definition) is 3. The number of aromatic hydroxyl groups is 1. The summed E-state index contributed by atoms with van der Waals surface area (Å²) in [7, 11) is 0. The van der Waals surface area contributed by atoms with Gasteiger partial charge in [-0.3, -0.25) is 0 Å². The van der Waals surface area contributed by atoms with Crippen molar-refractivity contribution in [2.24, 2.45) is 5.41 Å². The second-order valence-electron chi connectivity index (χ2n) is 5.31. The molecule has 0 aromatic heterocycles. The van der Waals surface area contributed by atoms with Crippen LogP contribution in [0.25, 0.3) is 0 Å². The van der Waals surface area contributed by atoms with Crippen LogP contribution in [0.2, 0.25) is 0 Å². The van der Waals surface area contributed by atoms with Crippen LogP contribution < -0.4 is 10.1 Å². The molecule has 0 heterocycles. The van der Waals surface area contributed by atoms with Crippen molar-refractivity contribution in [2.45, 2.75) is 32.7 Å². The Hall–Kier alpha value is -1.26. The number of phenolic OH excluding ortho intramolecular Hbond substituents is 1. The van der Waals surface area contributed by atoms with Gasteiger partial charge in [-0.15, -0.1) is 0 Å². The fourth-order valence-corrected chi connectivity index (χ4v) is 2.34. The molecule has 0 bridgehead atoms. The van der Waals surface area contributed by atoms with E-state index in [2.05, 4.69) is 5.32 Å². The van der Waals surface area contributed by atoms with Crippen LogP contribution in [0.4, 0.5) is 0 Å². The Morgan fingerprint density at radius 1 is 1.37 bits per heavy atom. The minimum Gasteiger partial charge on any atom is -0.504 e. The van der Waals surface area contributed by atoms with Gasteiger partial charge in [-0.25, -0.2) is 0 Å². The van der Waals surface area contributed by atoms with Gasteiger partial charge in [0.1, 0.15) is 0 Å². The van der Waals surface area contributed by atoms with Crippen molar-refractivity contribution < 1.29 is 14.9 Å². The quantitative estimate of drug-likeness (QED) is 0.673. The zero-order valence-corrected chi connectivity index (χ0v) is 11.5. The first kappa shape index (κ1) is 14.2. The highest BCUT2D eigenvalue weighted by Gasteiger charge is 2.41. The Morgan fingerprint density at radius 3 is 2.79 bits per heavy atom. The lowest BCUT2D eigenvalue weighted by molar-refractivity contribution is 0.245. The minimum atomic E-state index is 0.185. The van der Waals surface area contributed by atoms with E-state index in [1.165, 1.54) is 12.8 Å². The van der Waals surface area contributed by atoms with E-state index < -0.39 is 0 Å². The molecule has 0 amide bonds. The van der Waals surface area contributed by atoms with E-state index >= 15 is 0 Å². The third-order valence-corrected chi connectivity index (χ3v) is 3.75. The van der Waals surface area contributed by atoms with E-state index in [4.69, 9.17) is 9.84 Å². The normalized spacial score (nSPS) is 16.3. The number of phenols is 1. The Morgan fingerprint density at radius 2 is 2.16 bits per heavy atom. The molecule has 0 aliphatic heterocycles. The van der Waals surface area contributed by atoms with E-state index in [1.54, 1.807) is 6.07 Å². The third-order valence-electron chi connectivity index (χ3n) is 3.75. The average molecular weight is 265 g/mol. The highest BCUT2D eigenvalue weighted by Crippen LogP contribution is 2.47. The first-order chi connectivity index (χ1) is 9.19. The average Bonchev–Trinajstić information content (AvgIpc) is 3.14. The SMILES string of the molecule is CCOc1cc(CNCC2(CCO)CC2)ccc1O. The number of aliphatic hydroxyl groups excluding tert-OH is 1. The molecule has 0 spiro atoms. The fourth-order valence-electron chi connectivity index (χ4n) is 2.34. The van der Waals surface area contributed by atoms with E-state index in [9.17, 15) is 5.11 Å². The van der Waals surface area contributed by atoms with Crippen molar-refractivity contribution in [1.29, 1.82) is 0 Å². The lowest BCUT2D eigenvalue weighted by Gasteiger charge is -2.15. The van der Waals surface area contributed by atoms with Gasteiger partial charge in [0.2, 0.25) is 0 Å². The first-order valence-electron chi connectivity index (χ1n) is 6.95. The molecule has 1 aliphatic carbocycles. The lowest BCUT2D eigenvalue weighted by atomic mass is 10.0. The van der Waals surface area contributed by atoms with Gasteiger partial charge in [0, 0.05) is 19.7 Å². The Kier molecular flexibility index (Phi) is 4.66. The molecule has 106 valence electrons. The first-order valence-corrected chi connectivity index (χ1v) is 6.95. The summed E-state index contributed by atoms with van der Waals surface area (Å²) in [5, 5.41) is 22.1. The number of aliphatic hydroxyl groups is 1. The zero-order valence-electron chi connectivity index (χ0n) is 11.5. The highest BCUT2D eigenvalue weighted by molar-refractivity contribution is 5.41. The number of ether oxygens (including phenoxy) is 1.